The van der Waals surface area contributed by atoms with Crippen LogP contribution in [0.4, 0.5) is 0 Å². The van der Waals surface area contributed by atoms with Gasteiger partial charge in [-0.15, -0.1) is 0 Å². The second kappa shape index (κ2) is 4.26. The van der Waals surface area contributed by atoms with E-state index in [0.29, 0.717) is 12.5 Å². The number of esters is 1. The first kappa shape index (κ1) is 13.4. The van der Waals surface area contributed by atoms with Gasteiger partial charge in [0.15, 0.2) is 19.7 Å². The van der Waals surface area contributed by atoms with Crippen LogP contribution in [0.1, 0.15) is 6.92 Å². The van der Waals surface area contributed by atoms with Gasteiger partial charge in [-0.25, -0.2) is 21.6 Å². The first-order valence-corrected chi connectivity index (χ1v) is 7.56. The molecule has 6 nitrogen and oxygen atoms in total. The molecule has 0 aliphatic rings. The van der Waals surface area contributed by atoms with Gasteiger partial charge in [0.25, 0.3) is 4.58 Å². The summed E-state index contributed by atoms with van der Waals surface area (Å²) in [5, 5.41) is 0. The largest absolute Gasteiger partial charge is 0.464 e. The number of sulfone groups is 2. The molecule has 0 fully saturated rings. The number of ether oxygens (including phenoxy) is 1. The maximum absolute atomic E-state index is 11.1. The minimum absolute atomic E-state index is 0.0691. The topological polar surface area (TPSA) is 94.6 Å². The Hall–Kier alpha value is -0.630. The molecule has 84 valence electrons. The molecule has 0 saturated heterocycles. The van der Waals surface area contributed by atoms with Gasteiger partial charge in [0.1, 0.15) is 0 Å². The maximum atomic E-state index is 11.1. The van der Waals surface area contributed by atoms with Crippen molar-refractivity contribution in [3.8, 4) is 0 Å². The third-order valence-electron chi connectivity index (χ3n) is 1.26. The summed E-state index contributed by atoms with van der Waals surface area (Å²) in [6.07, 6.45) is 1.35. The molecule has 0 aromatic rings. The molecule has 0 aromatic carbocycles. The van der Waals surface area contributed by atoms with Crippen molar-refractivity contribution >= 4 is 25.6 Å². The molecular weight excluding hydrogens is 232 g/mol. The predicted octanol–water partition coefficient (Wildman–Crippen LogP) is -1.04. The van der Waals surface area contributed by atoms with Gasteiger partial charge >= 0.3 is 5.97 Å². The number of hydrogen-bond donors (Lipinski definition) is 0. The first-order chi connectivity index (χ1) is 6.10. The van der Waals surface area contributed by atoms with Crippen LogP contribution in [0, 0.1) is 0 Å². The molecular formula is C6H12O6S2. The van der Waals surface area contributed by atoms with Crippen molar-refractivity contribution in [3.05, 3.63) is 0 Å². The Morgan fingerprint density at radius 1 is 1.14 bits per heavy atom. The lowest BCUT2D eigenvalue weighted by Crippen LogP contribution is -2.38. The van der Waals surface area contributed by atoms with E-state index in [1.165, 1.54) is 6.92 Å². The van der Waals surface area contributed by atoms with Gasteiger partial charge in [0.05, 0.1) is 6.61 Å². The van der Waals surface area contributed by atoms with E-state index < -0.39 is 30.2 Å². The summed E-state index contributed by atoms with van der Waals surface area (Å²) < 4.78 is 46.3. The minimum Gasteiger partial charge on any atom is -0.464 e. The van der Waals surface area contributed by atoms with E-state index in [0.717, 1.165) is 0 Å². The Bertz CT molecular complexity index is 372. The molecule has 0 saturated carbocycles. The van der Waals surface area contributed by atoms with E-state index >= 15 is 0 Å². The standard InChI is InChI=1S/C6H12O6S2/c1-4-12-5(7)6(13(2,8)9)14(3,10)11/h6H,4H2,1-3H3. The lowest BCUT2D eigenvalue weighted by molar-refractivity contribution is -0.140. The Labute approximate surface area is 83.1 Å². The highest BCUT2D eigenvalue weighted by molar-refractivity contribution is 8.09. The third-order valence-corrected chi connectivity index (χ3v) is 5.29. The van der Waals surface area contributed by atoms with Crippen molar-refractivity contribution < 1.29 is 26.4 Å². The Morgan fingerprint density at radius 2 is 1.50 bits per heavy atom. The van der Waals surface area contributed by atoms with Crippen LogP contribution in [0.5, 0.6) is 0 Å². The first-order valence-electron chi connectivity index (χ1n) is 3.65. The summed E-state index contributed by atoms with van der Waals surface area (Å²) in [6.45, 7) is 1.39. The fraction of sp³-hybridized carbons (Fsp3) is 0.833. The zero-order valence-electron chi connectivity index (χ0n) is 8.05. The summed E-state index contributed by atoms with van der Waals surface area (Å²) in [5.74, 6) is -1.25. The molecule has 14 heavy (non-hydrogen) atoms. The van der Waals surface area contributed by atoms with Crippen molar-refractivity contribution in [3.63, 3.8) is 0 Å². The summed E-state index contributed by atoms with van der Waals surface area (Å²) in [6, 6.07) is 0. The van der Waals surface area contributed by atoms with Gasteiger partial charge in [-0.3, -0.25) is 0 Å². The van der Waals surface area contributed by atoms with E-state index in [1.807, 2.05) is 0 Å². The predicted molar refractivity (Wildman–Crippen MR) is 50.1 cm³/mol. The van der Waals surface area contributed by atoms with Crippen LogP contribution >= 0.6 is 0 Å². The molecule has 0 amide bonds. The zero-order valence-corrected chi connectivity index (χ0v) is 9.68. The van der Waals surface area contributed by atoms with Gasteiger partial charge in [0.2, 0.25) is 0 Å². The van der Waals surface area contributed by atoms with Crippen molar-refractivity contribution in [2.75, 3.05) is 19.1 Å². The highest BCUT2D eigenvalue weighted by Gasteiger charge is 2.39. The second-order valence-electron chi connectivity index (χ2n) is 2.74. The zero-order chi connectivity index (χ0) is 11.6. The molecule has 0 aliphatic heterocycles. The minimum atomic E-state index is -4.01. The van der Waals surface area contributed by atoms with Crippen molar-refractivity contribution in [2.45, 2.75) is 11.5 Å². The normalized spacial score (nSPS) is 12.9. The highest BCUT2D eigenvalue weighted by Crippen LogP contribution is 2.09. The summed E-state index contributed by atoms with van der Waals surface area (Å²) >= 11 is 0. The molecule has 0 spiro atoms. The fourth-order valence-electron chi connectivity index (χ4n) is 0.877. The van der Waals surface area contributed by atoms with Gasteiger partial charge in [-0.2, -0.15) is 0 Å². The van der Waals surface area contributed by atoms with E-state index in [4.69, 9.17) is 0 Å². The molecule has 0 radical (unpaired) electrons. The maximum Gasteiger partial charge on any atom is 0.340 e. The lowest BCUT2D eigenvalue weighted by atomic mass is 10.7. The van der Waals surface area contributed by atoms with Crippen LogP contribution in [0.15, 0.2) is 0 Å². The number of rotatable bonds is 4. The van der Waals surface area contributed by atoms with Crippen LogP contribution < -0.4 is 0 Å². The molecule has 0 rings (SSSR count). The van der Waals surface area contributed by atoms with Crippen LogP contribution in [0.2, 0.25) is 0 Å². The molecule has 8 heteroatoms. The van der Waals surface area contributed by atoms with Crippen LogP contribution in [-0.2, 0) is 29.2 Å². The van der Waals surface area contributed by atoms with Gasteiger partial charge in [-0.05, 0) is 6.92 Å². The molecule has 0 bridgehead atoms. The van der Waals surface area contributed by atoms with Gasteiger partial charge in [0, 0.05) is 12.5 Å². The molecule has 0 heterocycles. The van der Waals surface area contributed by atoms with E-state index in [1.54, 1.807) is 0 Å². The SMILES string of the molecule is CCOC(=O)C(S(C)(=O)=O)S(C)(=O)=O. The smallest absolute Gasteiger partial charge is 0.340 e. The van der Waals surface area contributed by atoms with Crippen LogP contribution in [0.3, 0.4) is 0 Å². The summed E-state index contributed by atoms with van der Waals surface area (Å²) in [7, 11) is -8.01. The molecule has 0 N–H and O–H groups in total. The number of carbonyl (C=O) groups is 1. The van der Waals surface area contributed by atoms with Crippen LogP contribution in [-0.4, -0.2) is 46.5 Å². The Balaban J connectivity index is 5.27. The Kier molecular flexibility index (Phi) is 4.07. The van der Waals surface area contributed by atoms with Gasteiger partial charge < -0.3 is 4.74 Å². The van der Waals surface area contributed by atoms with Gasteiger partial charge in [-0.1, -0.05) is 0 Å². The van der Waals surface area contributed by atoms with Crippen molar-refractivity contribution in [1.29, 1.82) is 0 Å². The average Bonchev–Trinajstić information content (AvgIpc) is 1.78. The Morgan fingerprint density at radius 3 is 1.71 bits per heavy atom. The van der Waals surface area contributed by atoms with E-state index in [2.05, 4.69) is 4.74 Å². The number of carbonyl (C=O) groups excluding carboxylic acids is 1. The average molecular weight is 244 g/mol. The number of hydrogen-bond acceptors (Lipinski definition) is 6. The van der Waals surface area contributed by atoms with Crippen molar-refractivity contribution in [1.82, 2.24) is 0 Å². The quantitative estimate of drug-likeness (QED) is 0.586. The third kappa shape index (κ3) is 3.62. The molecule has 0 unspecified atom stereocenters. The summed E-state index contributed by atoms with van der Waals surface area (Å²) in [5.41, 5.74) is 0. The highest BCUT2D eigenvalue weighted by atomic mass is 32.3. The van der Waals surface area contributed by atoms with Crippen molar-refractivity contribution in [2.24, 2.45) is 0 Å². The fourth-order valence-corrected chi connectivity index (χ4v) is 4.25. The van der Waals surface area contributed by atoms with E-state index in [9.17, 15) is 21.6 Å². The molecule has 0 atom stereocenters. The lowest BCUT2D eigenvalue weighted by Gasteiger charge is -2.11. The second-order valence-corrected chi connectivity index (χ2v) is 7.30. The summed E-state index contributed by atoms with van der Waals surface area (Å²) in [4.78, 5) is 11.1. The van der Waals surface area contributed by atoms with E-state index in [-0.39, 0.29) is 6.61 Å². The monoisotopic (exact) mass is 244 g/mol. The van der Waals surface area contributed by atoms with Crippen LogP contribution in [0.25, 0.3) is 0 Å². The molecule has 0 aromatic heterocycles. The molecule has 0 aliphatic carbocycles.